The van der Waals surface area contributed by atoms with Crippen molar-refractivity contribution in [3.05, 3.63) is 78.9 Å². The zero-order valence-electron chi connectivity index (χ0n) is 16.2. The third kappa shape index (κ3) is 3.68. The fourth-order valence-electron chi connectivity index (χ4n) is 3.80. The van der Waals surface area contributed by atoms with Crippen molar-refractivity contribution in [1.82, 2.24) is 9.97 Å². The zero-order chi connectivity index (χ0) is 21.5. The van der Waals surface area contributed by atoms with Crippen LogP contribution < -0.4 is 5.56 Å². The lowest BCUT2D eigenvalue weighted by Crippen LogP contribution is -2.12. The van der Waals surface area contributed by atoms with Crippen LogP contribution in [0.2, 0.25) is 0 Å². The number of aryl methyl sites for hydroxylation is 2. The molecule has 0 atom stereocenters. The number of non-ortho nitro benzene ring substituents is 1. The minimum absolute atomic E-state index is 0.0131. The molecule has 5 rings (SSSR count). The molecule has 1 aliphatic rings. The van der Waals surface area contributed by atoms with Gasteiger partial charge >= 0.3 is 0 Å². The van der Waals surface area contributed by atoms with Gasteiger partial charge in [-0.05, 0) is 55.5 Å². The van der Waals surface area contributed by atoms with E-state index in [-0.39, 0.29) is 16.3 Å². The number of rotatable bonds is 4. The Kier molecular flexibility index (Phi) is 4.95. The molecule has 0 fully saturated rings. The van der Waals surface area contributed by atoms with Gasteiger partial charge in [0, 0.05) is 28.6 Å². The van der Waals surface area contributed by atoms with Gasteiger partial charge in [0.15, 0.2) is 5.82 Å². The lowest BCUT2D eigenvalue weighted by atomic mass is 9.97. The van der Waals surface area contributed by atoms with Gasteiger partial charge in [0.2, 0.25) is 0 Å². The molecule has 3 heterocycles. The molecule has 156 valence electrons. The average Bonchev–Trinajstić information content (AvgIpc) is 3.38. The van der Waals surface area contributed by atoms with E-state index in [1.807, 2.05) is 0 Å². The van der Waals surface area contributed by atoms with Crippen molar-refractivity contribution in [1.29, 1.82) is 0 Å². The van der Waals surface area contributed by atoms with Crippen LogP contribution in [0.4, 0.5) is 5.69 Å². The Hall–Kier alpha value is -3.23. The Morgan fingerprint density at radius 3 is 2.74 bits per heavy atom. The molecule has 0 amide bonds. The molecule has 0 saturated heterocycles. The lowest BCUT2D eigenvalue weighted by molar-refractivity contribution is -0.384. The zero-order valence-corrected chi connectivity index (χ0v) is 17.8. The van der Waals surface area contributed by atoms with Crippen molar-refractivity contribution in [3.8, 4) is 11.3 Å². The SMILES string of the molecule is O=c1[nH]c(/C(Cl)=C/c2ccc(-c3ccc([N+](=O)[O-])cc3)o2)nc2sc3c(c12)CCCC3. The van der Waals surface area contributed by atoms with Gasteiger partial charge in [0.05, 0.1) is 15.3 Å². The molecule has 9 heteroatoms. The van der Waals surface area contributed by atoms with Crippen LogP contribution >= 0.6 is 22.9 Å². The summed E-state index contributed by atoms with van der Waals surface area (Å²) in [4.78, 5) is 32.4. The standard InChI is InChI=1S/C22H16ClN3O4S/c23-16(11-14-9-10-17(30-14)12-5-7-13(8-6-12)26(28)29)20-24-21(27)19-15-3-1-2-4-18(15)31-22(19)25-20/h5-11H,1-4H2,(H,24,25,27)/b16-11-. The first-order valence-electron chi connectivity index (χ1n) is 9.76. The number of halogens is 1. The van der Waals surface area contributed by atoms with Crippen LogP contribution in [0, 0.1) is 10.1 Å². The summed E-state index contributed by atoms with van der Waals surface area (Å²) < 4.78 is 5.80. The predicted molar refractivity (Wildman–Crippen MR) is 121 cm³/mol. The number of fused-ring (bicyclic) bond motifs is 3. The van der Waals surface area contributed by atoms with Crippen LogP contribution in [0.25, 0.3) is 32.6 Å². The van der Waals surface area contributed by atoms with Crippen LogP contribution in [-0.4, -0.2) is 14.9 Å². The Morgan fingerprint density at radius 2 is 1.97 bits per heavy atom. The maximum atomic E-state index is 12.7. The van der Waals surface area contributed by atoms with E-state index in [0.29, 0.717) is 33.1 Å². The number of nitrogens with one attached hydrogen (secondary N) is 1. The number of benzene rings is 1. The fourth-order valence-corrected chi connectivity index (χ4v) is 5.26. The maximum absolute atomic E-state index is 12.7. The first-order chi connectivity index (χ1) is 15.0. The summed E-state index contributed by atoms with van der Waals surface area (Å²) in [6.07, 6.45) is 5.73. The molecule has 0 spiro atoms. The maximum Gasteiger partial charge on any atom is 0.269 e. The molecule has 3 aromatic heterocycles. The highest BCUT2D eigenvalue weighted by Gasteiger charge is 2.20. The summed E-state index contributed by atoms with van der Waals surface area (Å²) in [7, 11) is 0. The predicted octanol–water partition coefficient (Wildman–Crippen LogP) is 5.77. The van der Waals surface area contributed by atoms with Gasteiger partial charge in [0.1, 0.15) is 16.4 Å². The number of nitro groups is 1. The van der Waals surface area contributed by atoms with Gasteiger partial charge in [-0.2, -0.15) is 0 Å². The van der Waals surface area contributed by atoms with Crippen LogP contribution in [-0.2, 0) is 12.8 Å². The van der Waals surface area contributed by atoms with E-state index in [1.165, 1.54) is 17.0 Å². The Labute approximate surface area is 185 Å². The number of furan rings is 1. The minimum atomic E-state index is -0.450. The highest BCUT2D eigenvalue weighted by Crippen LogP contribution is 2.34. The highest BCUT2D eigenvalue weighted by molar-refractivity contribution is 7.18. The summed E-state index contributed by atoms with van der Waals surface area (Å²) in [6, 6.07) is 9.58. The smallest absolute Gasteiger partial charge is 0.269 e. The van der Waals surface area contributed by atoms with E-state index >= 15 is 0 Å². The number of nitrogens with zero attached hydrogens (tertiary/aromatic N) is 2. The second-order valence-corrected chi connectivity index (χ2v) is 8.79. The van der Waals surface area contributed by atoms with Gasteiger partial charge in [-0.1, -0.05) is 11.6 Å². The molecule has 1 aliphatic carbocycles. The third-order valence-electron chi connectivity index (χ3n) is 5.31. The Balaban J connectivity index is 1.46. The summed E-state index contributed by atoms with van der Waals surface area (Å²) in [5.74, 6) is 1.33. The molecule has 7 nitrogen and oxygen atoms in total. The highest BCUT2D eigenvalue weighted by atomic mass is 35.5. The topological polar surface area (TPSA) is 102 Å². The van der Waals surface area contributed by atoms with Crippen molar-refractivity contribution >= 4 is 50.0 Å². The van der Waals surface area contributed by atoms with E-state index in [0.717, 1.165) is 31.2 Å². The number of aromatic amines is 1. The number of aromatic nitrogens is 2. The fraction of sp³-hybridized carbons (Fsp3) is 0.182. The van der Waals surface area contributed by atoms with Crippen LogP contribution in [0.5, 0.6) is 0 Å². The van der Waals surface area contributed by atoms with Crippen molar-refractivity contribution in [2.24, 2.45) is 0 Å². The molecule has 1 N–H and O–H groups in total. The number of H-pyrrole nitrogens is 1. The van der Waals surface area contributed by atoms with Crippen molar-refractivity contribution in [2.45, 2.75) is 25.7 Å². The monoisotopic (exact) mass is 453 g/mol. The van der Waals surface area contributed by atoms with Crippen LogP contribution in [0.1, 0.15) is 34.9 Å². The molecule has 0 saturated carbocycles. The molecule has 4 aromatic rings. The van der Waals surface area contributed by atoms with Crippen molar-refractivity contribution in [2.75, 3.05) is 0 Å². The Bertz CT molecular complexity index is 1400. The summed E-state index contributed by atoms with van der Waals surface area (Å²) in [5, 5.41) is 11.7. The van der Waals surface area contributed by atoms with E-state index < -0.39 is 4.92 Å². The number of hydrogen-bond donors (Lipinski definition) is 1. The first-order valence-corrected chi connectivity index (χ1v) is 11.0. The number of nitro benzene ring substituents is 1. The van der Waals surface area contributed by atoms with Gasteiger partial charge in [0.25, 0.3) is 11.2 Å². The van der Waals surface area contributed by atoms with E-state index in [4.69, 9.17) is 16.0 Å². The second kappa shape index (κ2) is 7.79. The number of thiophene rings is 1. The van der Waals surface area contributed by atoms with E-state index in [2.05, 4.69) is 9.97 Å². The quantitative estimate of drug-likeness (QED) is 0.312. The first kappa shape index (κ1) is 19.7. The molecule has 0 unspecified atom stereocenters. The van der Waals surface area contributed by atoms with Crippen molar-refractivity contribution in [3.63, 3.8) is 0 Å². The van der Waals surface area contributed by atoms with Crippen molar-refractivity contribution < 1.29 is 9.34 Å². The summed E-state index contributed by atoms with van der Waals surface area (Å²) in [5.41, 5.74) is 1.68. The Morgan fingerprint density at radius 1 is 1.19 bits per heavy atom. The second-order valence-electron chi connectivity index (χ2n) is 7.30. The van der Waals surface area contributed by atoms with Gasteiger partial charge in [-0.15, -0.1) is 11.3 Å². The van der Waals surface area contributed by atoms with E-state index in [9.17, 15) is 14.9 Å². The molecule has 0 aliphatic heterocycles. The molecule has 31 heavy (non-hydrogen) atoms. The van der Waals surface area contributed by atoms with Crippen LogP contribution in [0.3, 0.4) is 0 Å². The summed E-state index contributed by atoms with van der Waals surface area (Å²) >= 11 is 8.02. The van der Waals surface area contributed by atoms with Gasteiger partial charge < -0.3 is 9.40 Å². The third-order valence-corrected chi connectivity index (χ3v) is 6.78. The molecular weight excluding hydrogens is 438 g/mol. The van der Waals surface area contributed by atoms with E-state index in [1.54, 1.807) is 41.7 Å². The minimum Gasteiger partial charge on any atom is -0.457 e. The largest absolute Gasteiger partial charge is 0.457 e. The van der Waals surface area contributed by atoms with Crippen LogP contribution in [0.15, 0.2) is 45.6 Å². The average molecular weight is 454 g/mol. The van der Waals surface area contributed by atoms with Gasteiger partial charge in [-0.3, -0.25) is 14.9 Å². The number of hydrogen-bond acceptors (Lipinski definition) is 6. The molecule has 0 bridgehead atoms. The lowest BCUT2D eigenvalue weighted by Gasteiger charge is -2.09. The molecule has 1 aromatic carbocycles. The normalized spacial score (nSPS) is 14.0. The summed E-state index contributed by atoms with van der Waals surface area (Å²) in [6.45, 7) is 0. The molecule has 0 radical (unpaired) electrons. The molecular formula is C22H16ClN3O4S. The van der Waals surface area contributed by atoms with Gasteiger partial charge in [-0.25, -0.2) is 4.98 Å².